The van der Waals surface area contributed by atoms with E-state index in [4.69, 9.17) is 4.74 Å². The smallest absolute Gasteiger partial charge is 0.228 e. The van der Waals surface area contributed by atoms with E-state index >= 15 is 0 Å². The van der Waals surface area contributed by atoms with Crippen molar-refractivity contribution in [3.8, 4) is 11.6 Å². The molecule has 2 aromatic rings. The molecule has 0 radical (unpaired) electrons. The third-order valence-corrected chi connectivity index (χ3v) is 2.98. The number of hydrogen-bond donors (Lipinski definition) is 1. The molecule has 6 heteroatoms. The molecule has 6 nitrogen and oxygen atoms in total. The van der Waals surface area contributed by atoms with E-state index in [0.717, 1.165) is 11.4 Å². The summed E-state index contributed by atoms with van der Waals surface area (Å²) in [5, 5.41) is 7.34. The summed E-state index contributed by atoms with van der Waals surface area (Å²) >= 11 is 0. The van der Waals surface area contributed by atoms with Crippen LogP contribution in [0.5, 0.6) is 11.6 Å². The largest absolute Gasteiger partial charge is 0.435 e. The normalized spacial score (nSPS) is 11.2. The second kappa shape index (κ2) is 5.90. The zero-order valence-electron chi connectivity index (χ0n) is 12.6. The van der Waals surface area contributed by atoms with Crippen molar-refractivity contribution < 1.29 is 4.74 Å². The van der Waals surface area contributed by atoms with Crippen LogP contribution in [0.3, 0.4) is 0 Å². The van der Waals surface area contributed by atoms with Crippen molar-refractivity contribution in [1.82, 2.24) is 19.7 Å². The first-order valence-corrected chi connectivity index (χ1v) is 6.77. The third kappa shape index (κ3) is 2.89. The highest BCUT2D eigenvalue weighted by molar-refractivity contribution is 5.50. The lowest BCUT2D eigenvalue weighted by molar-refractivity contribution is 0.448. The van der Waals surface area contributed by atoms with Crippen molar-refractivity contribution >= 4 is 5.82 Å². The molecule has 20 heavy (non-hydrogen) atoms. The van der Waals surface area contributed by atoms with Crippen molar-refractivity contribution in [2.45, 2.75) is 39.7 Å². The summed E-state index contributed by atoms with van der Waals surface area (Å²) in [4.78, 5) is 8.48. The Morgan fingerprint density at radius 2 is 1.95 bits per heavy atom. The molecule has 0 aliphatic carbocycles. The molecule has 0 aliphatic rings. The van der Waals surface area contributed by atoms with E-state index in [2.05, 4.69) is 48.1 Å². The Balaban J connectivity index is 2.32. The van der Waals surface area contributed by atoms with Gasteiger partial charge in [0.1, 0.15) is 12.1 Å². The Hall–Kier alpha value is -2.11. The van der Waals surface area contributed by atoms with Crippen molar-refractivity contribution in [1.29, 1.82) is 0 Å². The maximum absolute atomic E-state index is 5.87. The quantitative estimate of drug-likeness (QED) is 0.907. The van der Waals surface area contributed by atoms with E-state index in [9.17, 15) is 0 Å². The van der Waals surface area contributed by atoms with Gasteiger partial charge in [0.25, 0.3) is 0 Å². The number of nitrogens with zero attached hydrogens (tertiary/aromatic N) is 4. The number of nitrogens with one attached hydrogen (secondary N) is 1. The highest BCUT2D eigenvalue weighted by Gasteiger charge is 2.16. The van der Waals surface area contributed by atoms with Gasteiger partial charge >= 0.3 is 0 Å². The van der Waals surface area contributed by atoms with Gasteiger partial charge in [0, 0.05) is 13.1 Å². The first kappa shape index (κ1) is 14.3. The Bertz CT molecular complexity index is 577. The summed E-state index contributed by atoms with van der Waals surface area (Å²) in [5.74, 6) is 2.30. The van der Waals surface area contributed by atoms with Crippen LogP contribution < -0.4 is 10.1 Å². The number of anilines is 1. The van der Waals surface area contributed by atoms with Crippen LogP contribution in [0.25, 0.3) is 0 Å². The highest BCUT2D eigenvalue weighted by Crippen LogP contribution is 2.32. The van der Waals surface area contributed by atoms with Gasteiger partial charge in [-0.15, -0.1) is 0 Å². The molecule has 0 bridgehead atoms. The summed E-state index contributed by atoms with van der Waals surface area (Å²) in [5.41, 5.74) is 0.965. The Morgan fingerprint density at radius 1 is 1.20 bits per heavy atom. The van der Waals surface area contributed by atoms with Gasteiger partial charge in [-0.05, 0) is 19.8 Å². The minimum atomic E-state index is 0.258. The molecule has 0 spiro atoms. The van der Waals surface area contributed by atoms with Crippen LogP contribution in [0.2, 0.25) is 0 Å². The van der Waals surface area contributed by atoms with Gasteiger partial charge in [-0.3, -0.25) is 4.68 Å². The fourth-order valence-corrected chi connectivity index (χ4v) is 1.95. The van der Waals surface area contributed by atoms with E-state index in [0.29, 0.717) is 17.7 Å². The first-order chi connectivity index (χ1) is 9.52. The molecule has 0 saturated heterocycles. The minimum Gasteiger partial charge on any atom is -0.435 e. The fraction of sp³-hybridized carbons (Fsp3) is 0.500. The molecule has 2 aromatic heterocycles. The molecule has 0 fully saturated rings. The minimum absolute atomic E-state index is 0.258. The number of ether oxygens (including phenoxy) is 1. The summed E-state index contributed by atoms with van der Waals surface area (Å²) in [6.45, 7) is 8.31. The lowest BCUT2D eigenvalue weighted by Crippen LogP contribution is -2.04. The van der Waals surface area contributed by atoms with Crippen LogP contribution in [0.15, 0.2) is 18.7 Å². The average Bonchev–Trinajstić information content (AvgIpc) is 2.86. The van der Waals surface area contributed by atoms with Gasteiger partial charge < -0.3 is 10.1 Å². The maximum atomic E-state index is 5.87. The van der Waals surface area contributed by atoms with E-state index < -0.39 is 0 Å². The zero-order chi connectivity index (χ0) is 14.7. The van der Waals surface area contributed by atoms with E-state index in [1.165, 1.54) is 6.33 Å². The lowest BCUT2D eigenvalue weighted by atomic mass is 10.1. The highest BCUT2D eigenvalue weighted by atomic mass is 16.5. The van der Waals surface area contributed by atoms with Gasteiger partial charge in [0.2, 0.25) is 5.88 Å². The van der Waals surface area contributed by atoms with Crippen LogP contribution in [0.4, 0.5) is 5.82 Å². The summed E-state index contributed by atoms with van der Waals surface area (Å²) in [6, 6.07) is 0.301. The molecule has 0 aliphatic heterocycles. The van der Waals surface area contributed by atoms with Crippen molar-refractivity contribution in [3.05, 3.63) is 24.3 Å². The number of hydrogen-bond acceptors (Lipinski definition) is 5. The second-order valence-corrected chi connectivity index (χ2v) is 5.20. The molecule has 0 atom stereocenters. The van der Waals surface area contributed by atoms with Crippen LogP contribution in [0, 0.1) is 0 Å². The molecule has 0 unspecified atom stereocenters. The Kier molecular flexibility index (Phi) is 4.22. The number of aromatic nitrogens is 4. The van der Waals surface area contributed by atoms with Gasteiger partial charge in [0.15, 0.2) is 5.75 Å². The SMILES string of the molecule is CNc1ncnc(Oc2cnn(C(C)C)c2)c1C(C)C. The van der Waals surface area contributed by atoms with Gasteiger partial charge in [-0.25, -0.2) is 9.97 Å². The van der Waals surface area contributed by atoms with Crippen LogP contribution in [-0.4, -0.2) is 26.8 Å². The Labute approximate surface area is 119 Å². The standard InChI is InChI=1S/C14H21N5O/c1-9(2)12-13(15-5)16-8-17-14(12)20-11-6-18-19(7-11)10(3)4/h6-10H,1-5H3,(H,15,16,17). The monoisotopic (exact) mass is 275 g/mol. The molecule has 0 saturated carbocycles. The Morgan fingerprint density at radius 3 is 2.50 bits per heavy atom. The van der Waals surface area contributed by atoms with Crippen LogP contribution >= 0.6 is 0 Å². The summed E-state index contributed by atoms with van der Waals surface area (Å²) in [6.07, 6.45) is 5.07. The molecule has 2 heterocycles. The van der Waals surface area contributed by atoms with E-state index in [-0.39, 0.29) is 5.92 Å². The van der Waals surface area contributed by atoms with E-state index in [1.807, 2.05) is 17.9 Å². The molecule has 0 aromatic carbocycles. The molecule has 108 valence electrons. The third-order valence-electron chi connectivity index (χ3n) is 2.98. The van der Waals surface area contributed by atoms with Crippen molar-refractivity contribution in [3.63, 3.8) is 0 Å². The van der Waals surface area contributed by atoms with Gasteiger partial charge in [-0.1, -0.05) is 13.8 Å². The van der Waals surface area contributed by atoms with Gasteiger partial charge in [-0.2, -0.15) is 5.10 Å². The molecular formula is C14H21N5O. The van der Waals surface area contributed by atoms with Gasteiger partial charge in [0.05, 0.1) is 18.0 Å². The van der Waals surface area contributed by atoms with Crippen molar-refractivity contribution in [2.24, 2.45) is 0 Å². The first-order valence-electron chi connectivity index (χ1n) is 6.77. The zero-order valence-corrected chi connectivity index (χ0v) is 12.6. The van der Waals surface area contributed by atoms with E-state index in [1.54, 1.807) is 6.20 Å². The van der Waals surface area contributed by atoms with Crippen LogP contribution in [-0.2, 0) is 0 Å². The molecule has 1 N–H and O–H groups in total. The summed E-state index contributed by atoms with van der Waals surface area (Å²) < 4.78 is 7.72. The number of rotatable bonds is 5. The lowest BCUT2D eigenvalue weighted by Gasteiger charge is -2.14. The second-order valence-electron chi connectivity index (χ2n) is 5.20. The van der Waals surface area contributed by atoms with Crippen molar-refractivity contribution in [2.75, 3.05) is 12.4 Å². The molecule has 2 rings (SSSR count). The predicted octanol–water partition coefficient (Wildman–Crippen LogP) is 3.21. The molecular weight excluding hydrogens is 254 g/mol. The average molecular weight is 275 g/mol. The fourth-order valence-electron chi connectivity index (χ4n) is 1.95. The molecule has 0 amide bonds. The summed E-state index contributed by atoms with van der Waals surface area (Å²) in [7, 11) is 1.84. The predicted molar refractivity (Wildman–Crippen MR) is 78.4 cm³/mol. The maximum Gasteiger partial charge on any atom is 0.228 e. The van der Waals surface area contributed by atoms with Crippen LogP contribution in [0.1, 0.15) is 45.2 Å². The topological polar surface area (TPSA) is 64.9 Å².